The Morgan fingerprint density at radius 2 is 1.71 bits per heavy atom. The Labute approximate surface area is 207 Å². The number of aliphatic hydroxyl groups is 1. The van der Waals surface area contributed by atoms with Crippen LogP contribution in [0.3, 0.4) is 0 Å². The highest BCUT2D eigenvalue weighted by Gasteiger charge is 2.49. The van der Waals surface area contributed by atoms with E-state index in [2.05, 4.69) is 35.2 Å². The number of carbonyl (C=O) groups excluding carboxylic acids is 1. The van der Waals surface area contributed by atoms with Crippen LogP contribution in [-0.2, 0) is 11.2 Å². The van der Waals surface area contributed by atoms with E-state index in [4.69, 9.17) is 0 Å². The van der Waals surface area contributed by atoms with Crippen LogP contribution in [0.1, 0.15) is 35.4 Å². The zero-order chi connectivity index (χ0) is 24.2. The second kappa shape index (κ2) is 10.4. The molecule has 0 unspecified atom stereocenters. The normalized spacial score (nSPS) is 22.3. The van der Waals surface area contributed by atoms with Crippen molar-refractivity contribution in [2.24, 2.45) is 0 Å². The van der Waals surface area contributed by atoms with Crippen LogP contribution < -0.4 is 0 Å². The lowest BCUT2D eigenvalue weighted by atomic mass is 9.74. The highest BCUT2D eigenvalue weighted by atomic mass is 16.3. The van der Waals surface area contributed by atoms with Crippen LogP contribution in [0, 0.1) is 11.3 Å². The third kappa shape index (κ3) is 4.86. The van der Waals surface area contributed by atoms with E-state index < -0.39 is 0 Å². The Morgan fingerprint density at radius 1 is 0.943 bits per heavy atom. The molecule has 0 aliphatic carbocycles. The fourth-order valence-corrected chi connectivity index (χ4v) is 5.72. The summed E-state index contributed by atoms with van der Waals surface area (Å²) in [5, 5.41) is 19.4. The quantitative estimate of drug-likeness (QED) is 0.613. The van der Waals surface area contributed by atoms with Gasteiger partial charge in [-0.05, 0) is 53.8 Å². The van der Waals surface area contributed by atoms with Gasteiger partial charge in [-0.1, -0.05) is 66.7 Å². The molecule has 3 atom stereocenters. The van der Waals surface area contributed by atoms with Crippen LogP contribution in [0.5, 0.6) is 0 Å². The number of rotatable bonds is 5. The molecule has 0 saturated carbocycles. The molecule has 3 aromatic carbocycles. The van der Waals surface area contributed by atoms with Crippen molar-refractivity contribution in [3.63, 3.8) is 0 Å². The summed E-state index contributed by atoms with van der Waals surface area (Å²) in [6, 6.07) is 28.6. The summed E-state index contributed by atoms with van der Waals surface area (Å²) < 4.78 is 0. The van der Waals surface area contributed by atoms with Crippen LogP contribution in [-0.4, -0.2) is 59.1 Å². The molecule has 0 radical (unpaired) electrons. The second-order valence-electron chi connectivity index (χ2n) is 9.60. The Kier molecular flexibility index (Phi) is 6.94. The molecule has 2 aliphatic heterocycles. The van der Waals surface area contributed by atoms with Crippen molar-refractivity contribution < 1.29 is 9.90 Å². The first-order chi connectivity index (χ1) is 17.2. The molecule has 2 aliphatic rings. The molecule has 35 heavy (non-hydrogen) atoms. The van der Waals surface area contributed by atoms with Gasteiger partial charge in [-0.3, -0.25) is 9.69 Å². The second-order valence-corrected chi connectivity index (χ2v) is 9.60. The van der Waals surface area contributed by atoms with Gasteiger partial charge < -0.3 is 10.0 Å². The molecule has 2 fully saturated rings. The lowest BCUT2D eigenvalue weighted by Crippen LogP contribution is -2.68. The van der Waals surface area contributed by atoms with Crippen molar-refractivity contribution in [2.45, 2.75) is 37.3 Å². The van der Waals surface area contributed by atoms with E-state index in [-0.39, 0.29) is 30.5 Å². The molecule has 5 nitrogen and oxygen atoms in total. The zero-order valence-electron chi connectivity index (χ0n) is 19.9. The van der Waals surface area contributed by atoms with Gasteiger partial charge in [0.2, 0.25) is 5.91 Å². The maximum absolute atomic E-state index is 13.2. The molecule has 0 aromatic heterocycles. The number of nitriles is 1. The maximum atomic E-state index is 13.2. The lowest BCUT2D eigenvalue weighted by molar-refractivity contribution is -0.135. The molecule has 178 valence electrons. The molecule has 5 heteroatoms. The Hall–Kier alpha value is -3.46. The van der Waals surface area contributed by atoms with E-state index in [1.807, 2.05) is 59.5 Å². The monoisotopic (exact) mass is 465 g/mol. The standard InChI is InChI=1S/C30H31N3O2/c31-19-23-9-6-10-26(17-23)24-11-13-25(14-12-24)30-27-20-32(15-4-5-16-33(27)28(30)21-34)29(35)18-22-7-2-1-3-8-22/h1-3,6-14,17,27-28,30,34H,4-5,15-16,18,20-21H2/t27-,28-,30-/m0/s1. The number of carbonyl (C=O) groups is 1. The first-order valence-electron chi connectivity index (χ1n) is 12.5. The summed E-state index contributed by atoms with van der Waals surface area (Å²) in [5.74, 6) is 0.363. The van der Waals surface area contributed by atoms with Crippen LogP contribution in [0.4, 0.5) is 0 Å². The SMILES string of the molecule is N#Cc1cccc(-c2ccc([C@@H]3[C@H](CO)N4CCCCN(C(=O)Cc5ccccc5)C[C@@H]34)cc2)c1. The van der Waals surface area contributed by atoms with Crippen LogP contribution in [0.15, 0.2) is 78.9 Å². The summed E-state index contributed by atoms with van der Waals surface area (Å²) in [7, 11) is 0. The summed E-state index contributed by atoms with van der Waals surface area (Å²) in [5.41, 5.74) is 4.98. The minimum atomic E-state index is 0.0805. The van der Waals surface area contributed by atoms with Gasteiger partial charge in [-0.2, -0.15) is 5.26 Å². The molecular formula is C30H31N3O2. The highest BCUT2D eigenvalue weighted by molar-refractivity contribution is 5.79. The largest absolute Gasteiger partial charge is 0.395 e. The summed E-state index contributed by atoms with van der Waals surface area (Å²) in [4.78, 5) is 17.6. The van der Waals surface area contributed by atoms with Crippen LogP contribution >= 0.6 is 0 Å². The van der Waals surface area contributed by atoms with Gasteiger partial charge >= 0.3 is 0 Å². The van der Waals surface area contributed by atoms with Gasteiger partial charge in [-0.15, -0.1) is 0 Å². The molecule has 2 saturated heterocycles. The topological polar surface area (TPSA) is 67.6 Å². The van der Waals surface area contributed by atoms with Gasteiger partial charge in [0.25, 0.3) is 0 Å². The van der Waals surface area contributed by atoms with Crippen molar-refractivity contribution in [3.8, 4) is 17.2 Å². The average molecular weight is 466 g/mol. The van der Waals surface area contributed by atoms with E-state index in [0.29, 0.717) is 18.5 Å². The fraction of sp³-hybridized carbons (Fsp3) is 0.333. The van der Waals surface area contributed by atoms with Crippen molar-refractivity contribution in [3.05, 3.63) is 95.6 Å². The number of fused-ring (bicyclic) bond motifs is 1. The Bertz CT molecular complexity index is 1200. The smallest absolute Gasteiger partial charge is 0.227 e. The number of hydrogen-bond donors (Lipinski definition) is 1. The molecule has 1 amide bonds. The van der Waals surface area contributed by atoms with Crippen LogP contribution in [0.2, 0.25) is 0 Å². The van der Waals surface area contributed by atoms with Crippen LogP contribution in [0.25, 0.3) is 11.1 Å². The summed E-state index contributed by atoms with van der Waals surface area (Å²) >= 11 is 0. The fourth-order valence-electron chi connectivity index (χ4n) is 5.72. The predicted octanol–water partition coefficient (Wildman–Crippen LogP) is 4.22. The predicted molar refractivity (Wildman–Crippen MR) is 137 cm³/mol. The minimum Gasteiger partial charge on any atom is -0.395 e. The molecule has 5 rings (SSSR count). The maximum Gasteiger partial charge on any atom is 0.227 e. The van der Waals surface area contributed by atoms with E-state index in [9.17, 15) is 15.2 Å². The van der Waals surface area contributed by atoms with Gasteiger partial charge in [-0.25, -0.2) is 0 Å². The first kappa shape index (κ1) is 23.3. The summed E-state index contributed by atoms with van der Waals surface area (Å²) in [6.45, 7) is 2.57. The molecule has 2 heterocycles. The molecule has 3 aromatic rings. The number of hydrogen-bond acceptors (Lipinski definition) is 4. The zero-order valence-corrected chi connectivity index (χ0v) is 19.9. The van der Waals surface area contributed by atoms with E-state index >= 15 is 0 Å². The molecule has 1 N–H and O–H groups in total. The third-order valence-corrected chi connectivity index (χ3v) is 7.54. The van der Waals surface area contributed by atoms with Gasteiger partial charge in [0.1, 0.15) is 0 Å². The average Bonchev–Trinajstić information content (AvgIpc) is 2.88. The van der Waals surface area contributed by atoms with Gasteiger partial charge in [0.05, 0.1) is 24.7 Å². The van der Waals surface area contributed by atoms with E-state index in [1.165, 1.54) is 5.56 Å². The first-order valence-corrected chi connectivity index (χ1v) is 12.5. The Balaban J connectivity index is 1.35. The highest BCUT2D eigenvalue weighted by Crippen LogP contribution is 2.42. The van der Waals surface area contributed by atoms with E-state index in [0.717, 1.165) is 42.6 Å². The number of aliphatic hydroxyl groups excluding tert-OH is 1. The molecule has 0 spiro atoms. The summed E-state index contributed by atoms with van der Waals surface area (Å²) in [6.07, 6.45) is 2.45. The van der Waals surface area contributed by atoms with Gasteiger partial charge in [0.15, 0.2) is 0 Å². The number of benzene rings is 3. The Morgan fingerprint density at radius 3 is 2.46 bits per heavy atom. The van der Waals surface area contributed by atoms with Gasteiger partial charge in [0, 0.05) is 31.1 Å². The number of amides is 1. The third-order valence-electron chi connectivity index (χ3n) is 7.54. The molecular weight excluding hydrogens is 434 g/mol. The van der Waals surface area contributed by atoms with E-state index in [1.54, 1.807) is 0 Å². The minimum absolute atomic E-state index is 0.0805. The van der Waals surface area contributed by atoms with Crippen molar-refractivity contribution in [1.29, 1.82) is 5.26 Å². The lowest BCUT2D eigenvalue weighted by Gasteiger charge is -2.57. The number of nitrogens with zero attached hydrogens (tertiary/aromatic N) is 3. The van der Waals surface area contributed by atoms with Crippen molar-refractivity contribution in [2.75, 3.05) is 26.2 Å². The van der Waals surface area contributed by atoms with Crippen molar-refractivity contribution >= 4 is 5.91 Å². The molecule has 0 bridgehead atoms. The van der Waals surface area contributed by atoms with Crippen molar-refractivity contribution in [1.82, 2.24) is 9.80 Å².